The number of pyridine rings is 1. The number of nitrogens with zero attached hydrogens (tertiary/aromatic N) is 2. The van der Waals surface area contributed by atoms with Gasteiger partial charge in [0.05, 0.1) is 0 Å². The largest absolute Gasteiger partial charge is 0.326 e. The second kappa shape index (κ2) is 5.51. The van der Waals surface area contributed by atoms with E-state index in [0.29, 0.717) is 5.92 Å². The van der Waals surface area contributed by atoms with E-state index in [4.69, 9.17) is 5.73 Å². The molecule has 3 rings (SSSR count). The zero-order valence-corrected chi connectivity index (χ0v) is 10.9. The van der Waals surface area contributed by atoms with Gasteiger partial charge >= 0.3 is 0 Å². The van der Waals surface area contributed by atoms with Gasteiger partial charge in [0.1, 0.15) is 0 Å². The molecule has 0 unspecified atom stereocenters. The quantitative estimate of drug-likeness (QED) is 0.910. The van der Waals surface area contributed by atoms with Crippen LogP contribution in [0.15, 0.2) is 54.9 Å². The maximum atomic E-state index is 6.30. The van der Waals surface area contributed by atoms with Crippen LogP contribution in [0.5, 0.6) is 0 Å². The number of hydrogen-bond acceptors (Lipinski definition) is 3. The lowest BCUT2D eigenvalue weighted by Crippen LogP contribution is -2.28. The van der Waals surface area contributed by atoms with Crippen molar-refractivity contribution in [3.63, 3.8) is 0 Å². The highest BCUT2D eigenvalue weighted by Crippen LogP contribution is 2.27. The molecule has 0 bridgehead atoms. The molecule has 2 atom stereocenters. The molecule has 1 aliphatic heterocycles. The van der Waals surface area contributed by atoms with Crippen molar-refractivity contribution in [2.45, 2.75) is 18.5 Å². The molecule has 1 fully saturated rings. The van der Waals surface area contributed by atoms with Crippen LogP contribution in [-0.2, 0) is 6.54 Å². The zero-order valence-electron chi connectivity index (χ0n) is 10.9. The molecule has 0 aliphatic carbocycles. The standard InChI is InChI=1S/C16H19N3/c17-16-12-19(10-13-6-8-18-9-7-13)11-15(16)14-4-2-1-3-5-14/h1-9,15-16H,10-12,17H2/t15-,16+/m0/s1. The predicted octanol–water partition coefficient (Wildman–Crippen LogP) is 2.01. The summed E-state index contributed by atoms with van der Waals surface area (Å²) in [5.74, 6) is 0.447. The molecule has 19 heavy (non-hydrogen) atoms. The smallest absolute Gasteiger partial charge is 0.0271 e. The fraction of sp³-hybridized carbons (Fsp3) is 0.312. The summed E-state index contributed by atoms with van der Waals surface area (Å²) in [6.07, 6.45) is 3.69. The summed E-state index contributed by atoms with van der Waals surface area (Å²) in [5, 5.41) is 0. The third kappa shape index (κ3) is 2.83. The van der Waals surface area contributed by atoms with Gasteiger partial charge in [0, 0.05) is 44.0 Å². The van der Waals surface area contributed by atoms with Gasteiger partial charge in [-0.15, -0.1) is 0 Å². The topological polar surface area (TPSA) is 42.1 Å². The Labute approximate surface area is 114 Å². The fourth-order valence-electron chi connectivity index (χ4n) is 2.84. The van der Waals surface area contributed by atoms with E-state index in [-0.39, 0.29) is 6.04 Å². The first-order valence-corrected chi connectivity index (χ1v) is 6.75. The van der Waals surface area contributed by atoms with Crippen LogP contribution in [0.3, 0.4) is 0 Å². The van der Waals surface area contributed by atoms with E-state index in [1.807, 2.05) is 12.4 Å². The third-order valence-electron chi connectivity index (χ3n) is 3.82. The molecule has 0 amide bonds. The van der Waals surface area contributed by atoms with Crippen molar-refractivity contribution >= 4 is 0 Å². The van der Waals surface area contributed by atoms with Crippen molar-refractivity contribution in [1.29, 1.82) is 0 Å². The van der Waals surface area contributed by atoms with Crippen LogP contribution in [0.2, 0.25) is 0 Å². The molecule has 1 aromatic heterocycles. The lowest BCUT2D eigenvalue weighted by molar-refractivity contribution is 0.323. The number of aromatic nitrogens is 1. The number of rotatable bonds is 3. The summed E-state index contributed by atoms with van der Waals surface area (Å²) in [5.41, 5.74) is 8.96. The lowest BCUT2D eigenvalue weighted by Gasteiger charge is -2.16. The molecule has 3 heteroatoms. The van der Waals surface area contributed by atoms with Crippen LogP contribution in [0.4, 0.5) is 0 Å². The molecule has 2 aromatic rings. The van der Waals surface area contributed by atoms with Gasteiger partial charge < -0.3 is 5.73 Å². The number of hydrogen-bond donors (Lipinski definition) is 1. The maximum Gasteiger partial charge on any atom is 0.0271 e. The second-order valence-corrected chi connectivity index (χ2v) is 5.23. The van der Waals surface area contributed by atoms with Crippen molar-refractivity contribution in [3.05, 3.63) is 66.0 Å². The Balaban J connectivity index is 1.69. The molecule has 2 heterocycles. The van der Waals surface area contributed by atoms with Crippen LogP contribution >= 0.6 is 0 Å². The Kier molecular flexibility index (Phi) is 3.58. The van der Waals surface area contributed by atoms with Gasteiger partial charge in [0.15, 0.2) is 0 Å². The van der Waals surface area contributed by atoms with Gasteiger partial charge in [-0.1, -0.05) is 30.3 Å². The molecule has 1 saturated heterocycles. The highest BCUT2D eigenvalue weighted by atomic mass is 15.2. The summed E-state index contributed by atoms with van der Waals surface area (Å²) < 4.78 is 0. The minimum Gasteiger partial charge on any atom is -0.326 e. The summed E-state index contributed by atoms with van der Waals surface area (Å²) in [6, 6.07) is 15.0. The van der Waals surface area contributed by atoms with Crippen molar-refractivity contribution in [3.8, 4) is 0 Å². The highest BCUT2D eigenvalue weighted by Gasteiger charge is 2.30. The number of likely N-dealkylation sites (tertiary alicyclic amines) is 1. The average Bonchev–Trinajstić information content (AvgIpc) is 2.82. The average molecular weight is 253 g/mol. The first-order chi connectivity index (χ1) is 9.33. The zero-order chi connectivity index (χ0) is 13.1. The first kappa shape index (κ1) is 12.3. The van der Waals surface area contributed by atoms with E-state index < -0.39 is 0 Å². The fourth-order valence-corrected chi connectivity index (χ4v) is 2.84. The molecule has 2 N–H and O–H groups in total. The van der Waals surface area contributed by atoms with Crippen LogP contribution in [-0.4, -0.2) is 29.0 Å². The number of nitrogens with two attached hydrogens (primary N) is 1. The molecular formula is C16H19N3. The minimum atomic E-state index is 0.226. The lowest BCUT2D eigenvalue weighted by atomic mass is 9.95. The van der Waals surface area contributed by atoms with Crippen molar-refractivity contribution in [1.82, 2.24) is 9.88 Å². The molecule has 0 saturated carbocycles. The van der Waals surface area contributed by atoms with Crippen LogP contribution in [0.1, 0.15) is 17.0 Å². The Hall–Kier alpha value is -1.71. The summed E-state index contributed by atoms with van der Waals surface area (Å²) in [7, 11) is 0. The minimum absolute atomic E-state index is 0.226. The van der Waals surface area contributed by atoms with E-state index in [9.17, 15) is 0 Å². The molecule has 1 aromatic carbocycles. The molecule has 1 aliphatic rings. The molecular weight excluding hydrogens is 234 g/mol. The monoisotopic (exact) mass is 253 g/mol. The van der Waals surface area contributed by atoms with Crippen molar-refractivity contribution < 1.29 is 0 Å². The Bertz CT molecular complexity index is 512. The van der Waals surface area contributed by atoms with Crippen molar-refractivity contribution in [2.75, 3.05) is 13.1 Å². The second-order valence-electron chi connectivity index (χ2n) is 5.23. The summed E-state index contributed by atoms with van der Waals surface area (Å²) in [4.78, 5) is 6.48. The highest BCUT2D eigenvalue weighted by molar-refractivity contribution is 5.23. The third-order valence-corrected chi connectivity index (χ3v) is 3.82. The van der Waals surface area contributed by atoms with Gasteiger partial charge in [-0.05, 0) is 23.3 Å². The molecule has 0 spiro atoms. The summed E-state index contributed by atoms with van der Waals surface area (Å²) in [6.45, 7) is 2.95. The predicted molar refractivity (Wildman–Crippen MR) is 76.7 cm³/mol. The SMILES string of the molecule is N[C@@H]1CN(Cc2ccncc2)C[C@H]1c1ccccc1. The van der Waals surface area contributed by atoms with Gasteiger partial charge in [0.2, 0.25) is 0 Å². The van der Waals surface area contributed by atoms with Crippen LogP contribution in [0, 0.1) is 0 Å². The van der Waals surface area contributed by atoms with Gasteiger partial charge in [-0.2, -0.15) is 0 Å². The Morgan fingerprint density at radius 2 is 1.79 bits per heavy atom. The maximum absolute atomic E-state index is 6.30. The van der Waals surface area contributed by atoms with E-state index in [2.05, 4.69) is 52.3 Å². The number of benzene rings is 1. The van der Waals surface area contributed by atoms with E-state index >= 15 is 0 Å². The first-order valence-electron chi connectivity index (χ1n) is 6.75. The molecule has 3 nitrogen and oxygen atoms in total. The Morgan fingerprint density at radius 1 is 1.05 bits per heavy atom. The van der Waals surface area contributed by atoms with E-state index in [1.165, 1.54) is 11.1 Å². The van der Waals surface area contributed by atoms with Gasteiger partial charge in [-0.25, -0.2) is 0 Å². The normalized spacial score (nSPS) is 23.6. The Morgan fingerprint density at radius 3 is 2.53 bits per heavy atom. The van der Waals surface area contributed by atoms with Gasteiger partial charge in [-0.3, -0.25) is 9.88 Å². The van der Waals surface area contributed by atoms with Crippen LogP contribution in [0.25, 0.3) is 0 Å². The van der Waals surface area contributed by atoms with Crippen molar-refractivity contribution in [2.24, 2.45) is 5.73 Å². The molecule has 98 valence electrons. The van der Waals surface area contributed by atoms with Crippen LogP contribution < -0.4 is 5.73 Å². The summed E-state index contributed by atoms with van der Waals surface area (Å²) >= 11 is 0. The van der Waals surface area contributed by atoms with E-state index in [1.54, 1.807) is 0 Å². The molecule has 0 radical (unpaired) electrons. The van der Waals surface area contributed by atoms with E-state index in [0.717, 1.165) is 19.6 Å². The van der Waals surface area contributed by atoms with Gasteiger partial charge in [0.25, 0.3) is 0 Å².